The third kappa shape index (κ3) is 4.94. The molecule has 0 bridgehead atoms. The van der Waals surface area contributed by atoms with Crippen molar-refractivity contribution in [2.45, 2.75) is 46.1 Å². The van der Waals surface area contributed by atoms with E-state index in [1.165, 1.54) is 0 Å². The summed E-state index contributed by atoms with van der Waals surface area (Å²) in [4.78, 5) is 12.0. The lowest BCUT2D eigenvalue weighted by molar-refractivity contribution is -0.150. The van der Waals surface area contributed by atoms with Gasteiger partial charge in [-0.05, 0) is 25.3 Å². The molecule has 4 heteroatoms. The molecule has 3 unspecified atom stereocenters. The predicted octanol–water partition coefficient (Wildman–Crippen LogP) is 1.98. The molecule has 106 valence electrons. The minimum atomic E-state index is -0.134. The lowest BCUT2D eigenvalue weighted by atomic mass is 10.0. The summed E-state index contributed by atoms with van der Waals surface area (Å²) in [5, 5.41) is 3.35. The average molecular weight is 257 g/mol. The van der Waals surface area contributed by atoms with Crippen LogP contribution in [0.4, 0.5) is 0 Å². The molecule has 0 spiro atoms. The normalized spacial score (nSPS) is 25.1. The number of ether oxygens (including phenoxy) is 2. The molecular formula is C14H27NO3. The van der Waals surface area contributed by atoms with Gasteiger partial charge in [0.2, 0.25) is 0 Å². The lowest BCUT2D eigenvalue weighted by Gasteiger charge is -2.19. The van der Waals surface area contributed by atoms with Crippen LogP contribution in [-0.4, -0.2) is 38.4 Å². The van der Waals surface area contributed by atoms with Crippen LogP contribution in [0.3, 0.4) is 0 Å². The summed E-state index contributed by atoms with van der Waals surface area (Å²) >= 11 is 0. The van der Waals surface area contributed by atoms with Gasteiger partial charge in [0.25, 0.3) is 0 Å². The standard InChI is InChI=1S/C14H27NO3/c1-4-6-11(3)8-18-14(16)12-9-17-10-13(12)15-7-5-2/h11-13,15H,4-10H2,1-3H3. The van der Waals surface area contributed by atoms with E-state index in [9.17, 15) is 4.79 Å². The molecule has 18 heavy (non-hydrogen) atoms. The Labute approximate surface area is 110 Å². The Hall–Kier alpha value is -0.610. The van der Waals surface area contributed by atoms with Gasteiger partial charge in [-0.25, -0.2) is 0 Å². The molecule has 0 aliphatic carbocycles. The summed E-state index contributed by atoms with van der Waals surface area (Å²) in [5.74, 6) is 0.206. The fourth-order valence-electron chi connectivity index (χ4n) is 2.23. The number of hydrogen-bond acceptors (Lipinski definition) is 4. The topological polar surface area (TPSA) is 47.6 Å². The first-order valence-corrected chi connectivity index (χ1v) is 7.16. The van der Waals surface area contributed by atoms with Gasteiger partial charge >= 0.3 is 5.97 Å². The maximum absolute atomic E-state index is 12.0. The first kappa shape index (κ1) is 15.4. The molecule has 0 radical (unpaired) electrons. The second kappa shape index (κ2) is 8.48. The highest BCUT2D eigenvalue weighted by atomic mass is 16.5. The van der Waals surface area contributed by atoms with Gasteiger partial charge in [-0.2, -0.15) is 0 Å². The van der Waals surface area contributed by atoms with Crippen molar-refractivity contribution in [2.75, 3.05) is 26.4 Å². The van der Waals surface area contributed by atoms with Gasteiger partial charge in [0, 0.05) is 6.04 Å². The zero-order chi connectivity index (χ0) is 13.4. The minimum Gasteiger partial charge on any atom is -0.465 e. The van der Waals surface area contributed by atoms with Crippen molar-refractivity contribution in [3.05, 3.63) is 0 Å². The summed E-state index contributed by atoms with van der Waals surface area (Å²) in [6.07, 6.45) is 3.30. The molecular weight excluding hydrogens is 230 g/mol. The molecule has 0 saturated carbocycles. The second-order valence-electron chi connectivity index (χ2n) is 5.23. The van der Waals surface area contributed by atoms with Gasteiger partial charge in [-0.3, -0.25) is 4.79 Å². The van der Waals surface area contributed by atoms with E-state index in [2.05, 4.69) is 26.1 Å². The quantitative estimate of drug-likeness (QED) is 0.675. The van der Waals surface area contributed by atoms with E-state index in [0.717, 1.165) is 25.8 Å². The van der Waals surface area contributed by atoms with Crippen LogP contribution in [0.25, 0.3) is 0 Å². The zero-order valence-corrected chi connectivity index (χ0v) is 11.9. The molecule has 0 amide bonds. The molecule has 1 heterocycles. The van der Waals surface area contributed by atoms with Gasteiger partial charge in [0.05, 0.1) is 25.7 Å². The van der Waals surface area contributed by atoms with E-state index in [0.29, 0.717) is 25.7 Å². The molecule has 1 rings (SSSR count). The van der Waals surface area contributed by atoms with Crippen LogP contribution in [0.1, 0.15) is 40.0 Å². The molecule has 0 aromatic rings. The van der Waals surface area contributed by atoms with E-state index in [1.807, 2.05) is 0 Å². The van der Waals surface area contributed by atoms with E-state index in [4.69, 9.17) is 9.47 Å². The van der Waals surface area contributed by atoms with Crippen molar-refractivity contribution < 1.29 is 14.3 Å². The second-order valence-corrected chi connectivity index (χ2v) is 5.23. The van der Waals surface area contributed by atoms with E-state index < -0.39 is 0 Å². The van der Waals surface area contributed by atoms with Gasteiger partial charge < -0.3 is 14.8 Å². The van der Waals surface area contributed by atoms with Crippen LogP contribution in [-0.2, 0) is 14.3 Å². The van der Waals surface area contributed by atoms with Crippen LogP contribution in [0, 0.1) is 11.8 Å². The summed E-state index contributed by atoms with van der Waals surface area (Å²) < 4.78 is 10.8. The van der Waals surface area contributed by atoms with Crippen molar-refractivity contribution in [3.8, 4) is 0 Å². The van der Waals surface area contributed by atoms with Crippen molar-refractivity contribution in [1.29, 1.82) is 0 Å². The fraction of sp³-hybridized carbons (Fsp3) is 0.929. The summed E-state index contributed by atoms with van der Waals surface area (Å²) in [6.45, 7) is 8.94. The van der Waals surface area contributed by atoms with E-state index in [1.54, 1.807) is 0 Å². The maximum Gasteiger partial charge on any atom is 0.312 e. The highest BCUT2D eigenvalue weighted by Gasteiger charge is 2.34. The van der Waals surface area contributed by atoms with Crippen LogP contribution in [0.5, 0.6) is 0 Å². The molecule has 1 N–H and O–H groups in total. The summed E-state index contributed by atoms with van der Waals surface area (Å²) in [6, 6.07) is 0.124. The molecule has 4 nitrogen and oxygen atoms in total. The smallest absolute Gasteiger partial charge is 0.312 e. The van der Waals surface area contributed by atoms with E-state index in [-0.39, 0.29) is 17.9 Å². The number of carbonyl (C=O) groups excluding carboxylic acids is 1. The van der Waals surface area contributed by atoms with Crippen molar-refractivity contribution in [2.24, 2.45) is 11.8 Å². The monoisotopic (exact) mass is 257 g/mol. The fourth-order valence-corrected chi connectivity index (χ4v) is 2.23. The van der Waals surface area contributed by atoms with E-state index >= 15 is 0 Å². The number of rotatable bonds is 8. The molecule has 1 saturated heterocycles. The number of nitrogens with one attached hydrogen (secondary N) is 1. The molecule has 1 aliphatic rings. The Morgan fingerprint density at radius 3 is 2.83 bits per heavy atom. The summed E-state index contributed by atoms with van der Waals surface area (Å²) in [7, 11) is 0. The Morgan fingerprint density at radius 2 is 2.17 bits per heavy atom. The average Bonchev–Trinajstić information content (AvgIpc) is 2.82. The van der Waals surface area contributed by atoms with Crippen molar-refractivity contribution in [3.63, 3.8) is 0 Å². The zero-order valence-electron chi connectivity index (χ0n) is 11.9. The maximum atomic E-state index is 12.0. The first-order valence-electron chi connectivity index (χ1n) is 7.16. The van der Waals surface area contributed by atoms with Crippen LogP contribution in [0.2, 0.25) is 0 Å². The lowest BCUT2D eigenvalue weighted by Crippen LogP contribution is -2.40. The number of carbonyl (C=O) groups is 1. The van der Waals surface area contributed by atoms with Gasteiger partial charge in [0.15, 0.2) is 0 Å². The Balaban J connectivity index is 2.31. The van der Waals surface area contributed by atoms with Crippen LogP contribution in [0.15, 0.2) is 0 Å². The van der Waals surface area contributed by atoms with Crippen LogP contribution < -0.4 is 5.32 Å². The first-order chi connectivity index (χ1) is 8.69. The largest absolute Gasteiger partial charge is 0.465 e. The summed E-state index contributed by atoms with van der Waals surface area (Å²) in [5.41, 5.74) is 0. The predicted molar refractivity (Wildman–Crippen MR) is 71.4 cm³/mol. The Morgan fingerprint density at radius 1 is 1.39 bits per heavy atom. The number of esters is 1. The molecule has 0 aromatic carbocycles. The molecule has 3 atom stereocenters. The van der Waals surface area contributed by atoms with Gasteiger partial charge in [-0.15, -0.1) is 0 Å². The highest BCUT2D eigenvalue weighted by Crippen LogP contribution is 2.16. The molecule has 1 aliphatic heterocycles. The Bertz CT molecular complexity index is 245. The molecule has 1 fully saturated rings. The SMILES string of the molecule is CCCNC1COCC1C(=O)OCC(C)CCC. The van der Waals surface area contributed by atoms with Gasteiger partial charge in [0.1, 0.15) is 0 Å². The Kier molecular flexibility index (Phi) is 7.28. The minimum absolute atomic E-state index is 0.107. The van der Waals surface area contributed by atoms with Crippen molar-refractivity contribution >= 4 is 5.97 Å². The third-order valence-corrected chi connectivity index (χ3v) is 3.33. The van der Waals surface area contributed by atoms with Crippen molar-refractivity contribution in [1.82, 2.24) is 5.32 Å². The molecule has 0 aromatic heterocycles. The van der Waals surface area contributed by atoms with Gasteiger partial charge in [-0.1, -0.05) is 27.2 Å². The number of hydrogen-bond donors (Lipinski definition) is 1. The third-order valence-electron chi connectivity index (χ3n) is 3.33. The highest BCUT2D eigenvalue weighted by molar-refractivity contribution is 5.73. The van der Waals surface area contributed by atoms with Crippen LogP contribution >= 0.6 is 0 Å².